The lowest BCUT2D eigenvalue weighted by molar-refractivity contribution is -0.120. The fraction of sp³-hybridized carbons (Fsp3) is 0.182. The second-order valence-corrected chi connectivity index (χ2v) is 4.18. The molecular weight excluding hydrogens is 261 g/mol. The third-order valence-electron chi connectivity index (χ3n) is 1.79. The van der Waals surface area contributed by atoms with Crippen molar-refractivity contribution in [2.45, 2.75) is 6.42 Å². The summed E-state index contributed by atoms with van der Waals surface area (Å²) in [5.41, 5.74) is 0.398. The van der Waals surface area contributed by atoms with Crippen LogP contribution >= 0.6 is 15.9 Å². The van der Waals surface area contributed by atoms with E-state index >= 15 is 0 Å². The van der Waals surface area contributed by atoms with Gasteiger partial charge in [0.1, 0.15) is 5.82 Å². The Morgan fingerprint density at radius 3 is 2.73 bits per heavy atom. The van der Waals surface area contributed by atoms with Gasteiger partial charge < -0.3 is 5.32 Å². The van der Waals surface area contributed by atoms with Crippen LogP contribution in [0.2, 0.25) is 0 Å². The Hall–Kier alpha value is -1.16. The molecule has 0 saturated heterocycles. The van der Waals surface area contributed by atoms with Crippen LogP contribution in [0.5, 0.6) is 0 Å². The normalized spacial score (nSPS) is 9.73. The van der Waals surface area contributed by atoms with Crippen molar-refractivity contribution in [3.05, 3.63) is 46.7 Å². The Morgan fingerprint density at radius 1 is 1.47 bits per heavy atom. The number of halogens is 2. The highest BCUT2D eigenvalue weighted by molar-refractivity contribution is 9.11. The highest BCUT2D eigenvalue weighted by atomic mass is 79.9. The topological polar surface area (TPSA) is 29.1 Å². The minimum Gasteiger partial charge on any atom is -0.351 e. The van der Waals surface area contributed by atoms with Crippen LogP contribution in [0, 0.1) is 5.82 Å². The molecule has 0 aliphatic rings. The van der Waals surface area contributed by atoms with Crippen molar-refractivity contribution >= 4 is 21.8 Å². The first-order valence-corrected chi connectivity index (χ1v) is 5.22. The van der Waals surface area contributed by atoms with E-state index in [9.17, 15) is 9.18 Å². The van der Waals surface area contributed by atoms with Crippen molar-refractivity contribution in [2.75, 3.05) is 6.54 Å². The average Bonchev–Trinajstić information content (AvgIpc) is 2.18. The molecular formula is C11H11BrFNO. The molecule has 15 heavy (non-hydrogen) atoms. The van der Waals surface area contributed by atoms with Crippen LogP contribution < -0.4 is 5.32 Å². The highest BCUT2D eigenvalue weighted by Gasteiger charge is 2.06. The Balaban J connectivity index is 2.52. The first-order valence-electron chi connectivity index (χ1n) is 4.43. The van der Waals surface area contributed by atoms with Gasteiger partial charge in [-0.1, -0.05) is 40.7 Å². The van der Waals surface area contributed by atoms with Crippen LogP contribution in [0.15, 0.2) is 35.3 Å². The van der Waals surface area contributed by atoms with E-state index in [4.69, 9.17) is 0 Å². The third-order valence-corrected chi connectivity index (χ3v) is 2.07. The largest absolute Gasteiger partial charge is 0.351 e. The average molecular weight is 272 g/mol. The number of amides is 1. The van der Waals surface area contributed by atoms with Crippen LogP contribution in [0.4, 0.5) is 4.39 Å². The zero-order valence-electron chi connectivity index (χ0n) is 8.09. The maximum atomic E-state index is 13.1. The molecule has 80 valence electrons. The van der Waals surface area contributed by atoms with Crippen LogP contribution in [0.25, 0.3) is 0 Å². The van der Waals surface area contributed by atoms with E-state index < -0.39 is 0 Å². The maximum Gasteiger partial charge on any atom is 0.224 e. The molecule has 0 spiro atoms. The Kier molecular flexibility index (Phi) is 4.49. The number of hydrogen-bond acceptors (Lipinski definition) is 1. The third kappa shape index (κ3) is 4.25. The number of nitrogens with one attached hydrogen (secondary N) is 1. The SMILES string of the molecule is C=C(Br)CNC(=O)Cc1ccccc1F. The van der Waals surface area contributed by atoms with Crippen LogP contribution in [-0.4, -0.2) is 12.5 Å². The standard InChI is InChI=1S/C11H11BrFNO/c1-8(12)7-14-11(15)6-9-4-2-3-5-10(9)13/h2-5H,1,6-7H2,(H,14,15). The molecule has 1 N–H and O–H groups in total. The van der Waals surface area contributed by atoms with Crippen molar-refractivity contribution in [2.24, 2.45) is 0 Å². The summed E-state index contributed by atoms with van der Waals surface area (Å²) in [6.45, 7) is 3.93. The lowest BCUT2D eigenvalue weighted by atomic mass is 10.1. The lowest BCUT2D eigenvalue weighted by Crippen LogP contribution is -2.26. The van der Waals surface area contributed by atoms with Crippen LogP contribution in [0.3, 0.4) is 0 Å². The van der Waals surface area contributed by atoms with Crippen molar-refractivity contribution in [1.82, 2.24) is 5.32 Å². The Labute approximate surface area is 96.3 Å². The quantitative estimate of drug-likeness (QED) is 0.895. The minimum atomic E-state index is -0.356. The van der Waals surface area contributed by atoms with Gasteiger partial charge in [-0.25, -0.2) is 4.39 Å². The van der Waals surface area contributed by atoms with Gasteiger partial charge in [0.2, 0.25) is 5.91 Å². The molecule has 0 aliphatic heterocycles. The summed E-state index contributed by atoms with van der Waals surface area (Å²) < 4.78 is 13.8. The van der Waals surface area contributed by atoms with Gasteiger partial charge in [0, 0.05) is 11.0 Å². The van der Waals surface area contributed by atoms with E-state index in [1.54, 1.807) is 18.2 Å². The summed E-state index contributed by atoms with van der Waals surface area (Å²) in [6.07, 6.45) is 0.0486. The van der Waals surface area contributed by atoms with Gasteiger partial charge in [0.25, 0.3) is 0 Å². The predicted molar refractivity (Wildman–Crippen MR) is 61.2 cm³/mol. The fourth-order valence-corrected chi connectivity index (χ4v) is 1.21. The van der Waals surface area contributed by atoms with Crippen molar-refractivity contribution in [1.29, 1.82) is 0 Å². The van der Waals surface area contributed by atoms with Gasteiger partial charge >= 0.3 is 0 Å². The number of benzene rings is 1. The number of carbonyl (C=O) groups is 1. The zero-order valence-corrected chi connectivity index (χ0v) is 9.68. The zero-order chi connectivity index (χ0) is 11.3. The van der Waals surface area contributed by atoms with Gasteiger partial charge in [-0.15, -0.1) is 0 Å². The summed E-state index contributed by atoms with van der Waals surface area (Å²) in [5, 5.41) is 2.61. The first-order chi connectivity index (χ1) is 7.09. The molecule has 0 unspecified atom stereocenters. The molecule has 1 rings (SSSR count). The number of hydrogen-bond donors (Lipinski definition) is 1. The number of carbonyl (C=O) groups excluding carboxylic acids is 1. The minimum absolute atomic E-state index is 0.0486. The molecule has 0 aliphatic carbocycles. The molecule has 1 aromatic rings. The Morgan fingerprint density at radius 2 is 2.13 bits per heavy atom. The maximum absolute atomic E-state index is 13.1. The van der Waals surface area contributed by atoms with Gasteiger partial charge in [-0.3, -0.25) is 4.79 Å². The molecule has 0 heterocycles. The second kappa shape index (κ2) is 5.66. The molecule has 0 fully saturated rings. The van der Waals surface area contributed by atoms with Crippen molar-refractivity contribution < 1.29 is 9.18 Å². The fourth-order valence-electron chi connectivity index (χ4n) is 1.07. The van der Waals surface area contributed by atoms with Gasteiger partial charge in [-0.2, -0.15) is 0 Å². The lowest BCUT2D eigenvalue weighted by Gasteiger charge is -2.04. The highest BCUT2D eigenvalue weighted by Crippen LogP contribution is 2.07. The summed E-state index contributed by atoms with van der Waals surface area (Å²) in [7, 11) is 0. The van der Waals surface area contributed by atoms with E-state index in [1.165, 1.54) is 6.07 Å². The van der Waals surface area contributed by atoms with E-state index in [0.717, 1.165) is 0 Å². The number of rotatable bonds is 4. The molecule has 0 radical (unpaired) electrons. The second-order valence-electron chi connectivity index (χ2n) is 3.06. The van der Waals surface area contributed by atoms with Crippen molar-refractivity contribution in [3.63, 3.8) is 0 Å². The molecule has 1 aromatic carbocycles. The molecule has 2 nitrogen and oxygen atoms in total. The molecule has 0 atom stereocenters. The summed E-state index contributed by atoms with van der Waals surface area (Å²) in [4.78, 5) is 11.3. The van der Waals surface area contributed by atoms with Crippen molar-refractivity contribution in [3.8, 4) is 0 Å². The molecule has 0 saturated carbocycles. The summed E-state index contributed by atoms with van der Waals surface area (Å²) in [6, 6.07) is 6.23. The summed E-state index contributed by atoms with van der Waals surface area (Å²) in [5.74, 6) is -0.578. The van der Waals surface area contributed by atoms with Crippen LogP contribution in [0.1, 0.15) is 5.56 Å². The molecule has 0 aromatic heterocycles. The summed E-state index contributed by atoms with van der Waals surface area (Å²) >= 11 is 3.12. The van der Waals surface area contributed by atoms with E-state index in [2.05, 4.69) is 27.8 Å². The van der Waals surface area contributed by atoms with E-state index in [0.29, 0.717) is 16.6 Å². The van der Waals surface area contributed by atoms with E-state index in [1.807, 2.05) is 0 Å². The molecule has 0 bridgehead atoms. The molecule has 1 amide bonds. The first kappa shape index (κ1) is 11.9. The van der Waals surface area contributed by atoms with Gasteiger partial charge in [-0.05, 0) is 11.6 Å². The van der Waals surface area contributed by atoms with Crippen LogP contribution in [-0.2, 0) is 11.2 Å². The Bertz CT molecular complexity index is 379. The predicted octanol–water partition coefficient (Wildman–Crippen LogP) is 2.39. The molecule has 4 heteroatoms. The van der Waals surface area contributed by atoms with Gasteiger partial charge in [0.05, 0.1) is 6.42 Å². The smallest absolute Gasteiger partial charge is 0.224 e. The van der Waals surface area contributed by atoms with E-state index in [-0.39, 0.29) is 18.1 Å². The monoisotopic (exact) mass is 271 g/mol. The van der Waals surface area contributed by atoms with Gasteiger partial charge in [0.15, 0.2) is 0 Å².